The van der Waals surface area contributed by atoms with E-state index in [2.05, 4.69) is 16.0 Å². The highest BCUT2D eigenvalue weighted by Gasteiger charge is 2.08. The van der Waals surface area contributed by atoms with Crippen molar-refractivity contribution in [3.63, 3.8) is 0 Å². The fraction of sp³-hybridized carbons (Fsp3) is 0.222. The lowest BCUT2D eigenvalue weighted by molar-refractivity contribution is -0.115. The van der Waals surface area contributed by atoms with Crippen LogP contribution in [0, 0.1) is 0 Å². The monoisotopic (exact) mass is 345 g/mol. The summed E-state index contributed by atoms with van der Waals surface area (Å²) in [5, 5.41) is 9.32. The molecule has 0 radical (unpaired) electrons. The molecule has 0 bridgehead atoms. The summed E-state index contributed by atoms with van der Waals surface area (Å²) in [6.07, 6.45) is 0. The molecular weight excluding hydrogens is 326 g/mol. The molecule has 2 aromatic rings. The molecule has 1 atom stereocenters. The van der Waals surface area contributed by atoms with Crippen LogP contribution in [0.4, 0.5) is 11.4 Å². The molecule has 0 aliphatic rings. The first-order chi connectivity index (χ1) is 11.4. The Bertz CT molecular complexity index is 716. The average Bonchev–Trinajstić information content (AvgIpc) is 2.53. The van der Waals surface area contributed by atoms with E-state index in [4.69, 9.17) is 11.6 Å². The molecule has 0 spiro atoms. The van der Waals surface area contributed by atoms with Gasteiger partial charge in [-0.1, -0.05) is 29.8 Å². The van der Waals surface area contributed by atoms with E-state index in [1.54, 1.807) is 24.3 Å². The number of anilines is 2. The number of rotatable bonds is 6. The third-order valence-electron chi connectivity index (χ3n) is 3.41. The number of hydrogen-bond acceptors (Lipinski definition) is 3. The molecule has 0 aliphatic carbocycles. The van der Waals surface area contributed by atoms with E-state index in [1.165, 1.54) is 6.92 Å². The summed E-state index contributed by atoms with van der Waals surface area (Å²) in [6.45, 7) is 3.59. The highest BCUT2D eigenvalue weighted by molar-refractivity contribution is 6.30. The lowest BCUT2D eigenvalue weighted by atomic mass is 10.1. The summed E-state index contributed by atoms with van der Waals surface area (Å²) >= 11 is 5.87. The fourth-order valence-corrected chi connectivity index (χ4v) is 2.32. The lowest BCUT2D eigenvalue weighted by Gasteiger charge is -2.14. The number of carbonyl (C=O) groups excluding carboxylic acids is 2. The Balaban J connectivity index is 1.86. The van der Waals surface area contributed by atoms with Gasteiger partial charge < -0.3 is 16.0 Å². The zero-order valence-electron chi connectivity index (χ0n) is 13.6. The molecule has 0 aliphatic heterocycles. The second-order valence-corrected chi connectivity index (χ2v) is 5.90. The standard InChI is InChI=1S/C18H20ClN3O2/c1-12(14-6-8-15(19)9-7-14)20-11-18(24)22-17-5-3-4-16(10-17)21-13(2)23/h3-10,12,20H,11H2,1-2H3,(H,21,23)(H,22,24)/t12-/m0/s1. The van der Waals surface area contributed by atoms with Crippen LogP contribution in [0.3, 0.4) is 0 Å². The van der Waals surface area contributed by atoms with Crippen molar-refractivity contribution >= 4 is 34.8 Å². The van der Waals surface area contributed by atoms with Crippen molar-refractivity contribution in [3.05, 3.63) is 59.1 Å². The summed E-state index contributed by atoms with van der Waals surface area (Å²) in [5.74, 6) is -0.312. The maximum atomic E-state index is 12.1. The Morgan fingerprint density at radius 1 is 1.04 bits per heavy atom. The summed E-state index contributed by atoms with van der Waals surface area (Å²) in [7, 11) is 0. The molecule has 126 valence electrons. The van der Waals surface area contributed by atoms with Gasteiger partial charge in [0.15, 0.2) is 0 Å². The number of hydrogen-bond donors (Lipinski definition) is 3. The van der Waals surface area contributed by atoms with E-state index >= 15 is 0 Å². The molecule has 0 heterocycles. The van der Waals surface area contributed by atoms with Crippen molar-refractivity contribution in [2.75, 3.05) is 17.2 Å². The van der Waals surface area contributed by atoms with Gasteiger partial charge in [0.25, 0.3) is 0 Å². The van der Waals surface area contributed by atoms with Crippen LogP contribution >= 0.6 is 11.6 Å². The van der Waals surface area contributed by atoms with Crippen LogP contribution in [0.25, 0.3) is 0 Å². The number of nitrogens with one attached hydrogen (secondary N) is 3. The van der Waals surface area contributed by atoms with E-state index < -0.39 is 0 Å². The molecular formula is C18H20ClN3O2. The molecule has 0 fully saturated rings. The van der Waals surface area contributed by atoms with Crippen LogP contribution in [0.1, 0.15) is 25.5 Å². The number of amides is 2. The molecule has 0 saturated heterocycles. The van der Waals surface area contributed by atoms with E-state index in [0.717, 1.165) is 5.56 Å². The summed E-state index contributed by atoms with van der Waals surface area (Å²) in [4.78, 5) is 23.1. The second-order valence-electron chi connectivity index (χ2n) is 5.46. The fourth-order valence-electron chi connectivity index (χ4n) is 2.20. The van der Waals surface area contributed by atoms with Crippen molar-refractivity contribution in [2.45, 2.75) is 19.9 Å². The molecule has 0 saturated carbocycles. The largest absolute Gasteiger partial charge is 0.326 e. The summed E-state index contributed by atoms with van der Waals surface area (Å²) in [5.41, 5.74) is 2.33. The smallest absolute Gasteiger partial charge is 0.238 e. The molecule has 2 aromatic carbocycles. The zero-order chi connectivity index (χ0) is 17.5. The second kappa shape index (κ2) is 8.47. The van der Waals surface area contributed by atoms with Gasteiger partial charge in [-0.05, 0) is 42.8 Å². The van der Waals surface area contributed by atoms with E-state index in [9.17, 15) is 9.59 Å². The normalized spacial score (nSPS) is 11.6. The first-order valence-electron chi connectivity index (χ1n) is 7.60. The Labute approximate surface area is 146 Å². The van der Waals surface area contributed by atoms with Gasteiger partial charge in [0.2, 0.25) is 11.8 Å². The Hall–Kier alpha value is -2.37. The predicted molar refractivity (Wildman–Crippen MR) is 97.2 cm³/mol. The van der Waals surface area contributed by atoms with Crippen LogP contribution in [0.2, 0.25) is 5.02 Å². The topological polar surface area (TPSA) is 70.2 Å². The zero-order valence-corrected chi connectivity index (χ0v) is 14.4. The minimum atomic E-state index is -0.157. The molecule has 0 unspecified atom stereocenters. The third kappa shape index (κ3) is 5.68. The summed E-state index contributed by atoms with van der Waals surface area (Å²) < 4.78 is 0. The molecule has 24 heavy (non-hydrogen) atoms. The van der Waals surface area contributed by atoms with Crippen molar-refractivity contribution in [1.82, 2.24) is 5.32 Å². The average molecular weight is 346 g/mol. The van der Waals surface area contributed by atoms with Gasteiger partial charge in [-0.15, -0.1) is 0 Å². The van der Waals surface area contributed by atoms with Gasteiger partial charge >= 0.3 is 0 Å². The maximum absolute atomic E-state index is 12.1. The van der Waals surface area contributed by atoms with Gasteiger partial charge in [0.1, 0.15) is 0 Å². The molecule has 5 nitrogen and oxygen atoms in total. The number of carbonyl (C=O) groups is 2. The molecule has 0 aromatic heterocycles. The Kier molecular flexibility index (Phi) is 6.35. The maximum Gasteiger partial charge on any atom is 0.238 e. The molecule has 2 amide bonds. The van der Waals surface area contributed by atoms with Crippen molar-refractivity contribution < 1.29 is 9.59 Å². The first-order valence-corrected chi connectivity index (χ1v) is 7.98. The third-order valence-corrected chi connectivity index (χ3v) is 3.66. The molecule has 2 rings (SSSR count). The van der Waals surface area contributed by atoms with Gasteiger partial charge in [-0.2, -0.15) is 0 Å². The van der Waals surface area contributed by atoms with Gasteiger partial charge in [0.05, 0.1) is 6.54 Å². The van der Waals surface area contributed by atoms with Crippen LogP contribution in [0.15, 0.2) is 48.5 Å². The predicted octanol–water partition coefficient (Wildman–Crippen LogP) is 3.59. The Morgan fingerprint density at radius 2 is 1.67 bits per heavy atom. The quantitative estimate of drug-likeness (QED) is 0.749. The van der Waals surface area contributed by atoms with Crippen LogP contribution in [-0.4, -0.2) is 18.4 Å². The van der Waals surface area contributed by atoms with Gasteiger partial charge in [-0.3, -0.25) is 9.59 Å². The minimum absolute atomic E-state index is 0.0266. The van der Waals surface area contributed by atoms with Crippen LogP contribution < -0.4 is 16.0 Å². The SMILES string of the molecule is CC(=O)Nc1cccc(NC(=O)CN[C@@H](C)c2ccc(Cl)cc2)c1. The van der Waals surface area contributed by atoms with E-state index in [0.29, 0.717) is 16.4 Å². The highest BCUT2D eigenvalue weighted by Crippen LogP contribution is 2.17. The lowest BCUT2D eigenvalue weighted by Crippen LogP contribution is -2.30. The highest BCUT2D eigenvalue weighted by atomic mass is 35.5. The van der Waals surface area contributed by atoms with E-state index in [-0.39, 0.29) is 24.4 Å². The number of halogens is 1. The van der Waals surface area contributed by atoms with Crippen molar-refractivity contribution in [2.24, 2.45) is 0 Å². The summed E-state index contributed by atoms with van der Waals surface area (Å²) in [6, 6.07) is 14.5. The minimum Gasteiger partial charge on any atom is -0.326 e. The Morgan fingerprint density at radius 3 is 2.29 bits per heavy atom. The number of benzene rings is 2. The van der Waals surface area contributed by atoms with Gasteiger partial charge in [-0.25, -0.2) is 0 Å². The molecule has 3 N–H and O–H groups in total. The van der Waals surface area contributed by atoms with E-state index in [1.807, 2.05) is 31.2 Å². The van der Waals surface area contributed by atoms with Crippen LogP contribution in [-0.2, 0) is 9.59 Å². The molecule has 6 heteroatoms. The van der Waals surface area contributed by atoms with Crippen molar-refractivity contribution in [3.8, 4) is 0 Å². The first kappa shape index (κ1) is 18.0. The van der Waals surface area contributed by atoms with Crippen molar-refractivity contribution in [1.29, 1.82) is 0 Å². The van der Waals surface area contributed by atoms with Crippen LogP contribution in [0.5, 0.6) is 0 Å². The van der Waals surface area contributed by atoms with Gasteiger partial charge in [0, 0.05) is 29.4 Å².